The fourth-order valence-corrected chi connectivity index (χ4v) is 4.04. The van der Waals surface area contributed by atoms with Crippen LogP contribution < -0.4 is 15.4 Å². The lowest BCUT2D eigenvalue weighted by atomic mass is 10.0. The highest BCUT2D eigenvalue weighted by Crippen LogP contribution is 2.20. The number of sulfonamides is 1. The van der Waals surface area contributed by atoms with E-state index < -0.39 is 27.9 Å². The fourth-order valence-electron chi connectivity index (χ4n) is 3.57. The number of carboxylic acids is 1. The Hall–Kier alpha value is -2.20. The van der Waals surface area contributed by atoms with Crippen molar-refractivity contribution < 1.29 is 23.1 Å². The van der Waals surface area contributed by atoms with Gasteiger partial charge >= 0.3 is 5.97 Å². The summed E-state index contributed by atoms with van der Waals surface area (Å²) in [4.78, 5) is 27.9. The number of aryl methyl sites for hydroxylation is 2. The van der Waals surface area contributed by atoms with E-state index in [9.17, 15) is 23.1 Å². The Morgan fingerprint density at radius 3 is 2.68 bits per heavy atom. The normalized spacial score (nSPS) is 14.4. The molecular weight excluding hydrogens is 420 g/mol. The minimum atomic E-state index is -3.37. The van der Waals surface area contributed by atoms with Crippen molar-refractivity contribution in [1.29, 1.82) is 0 Å². The fraction of sp³-hybridized carbons (Fsp3) is 0.667. The molecule has 0 radical (unpaired) electrons. The monoisotopic (exact) mass is 454 g/mol. The van der Waals surface area contributed by atoms with E-state index >= 15 is 0 Å². The third-order valence-corrected chi connectivity index (χ3v) is 5.96. The van der Waals surface area contributed by atoms with E-state index in [1.807, 2.05) is 0 Å². The van der Waals surface area contributed by atoms with Crippen LogP contribution in [-0.2, 0) is 32.5 Å². The van der Waals surface area contributed by atoms with E-state index in [1.54, 1.807) is 0 Å². The maximum atomic E-state index is 11.8. The maximum Gasteiger partial charge on any atom is 0.326 e. The molecule has 1 aromatic heterocycles. The third kappa shape index (κ3) is 10.1. The molecule has 2 rings (SSSR count). The second-order valence-electron chi connectivity index (χ2n) is 8.02. The molecule has 1 aliphatic rings. The van der Waals surface area contributed by atoms with Gasteiger partial charge in [-0.2, -0.15) is 0 Å². The number of carbonyl (C=O) groups is 2. The Morgan fingerprint density at radius 2 is 1.94 bits per heavy atom. The van der Waals surface area contributed by atoms with E-state index in [0.29, 0.717) is 12.8 Å². The molecule has 1 atom stereocenters. The number of nitrogens with zero attached hydrogens (tertiary/aromatic N) is 1. The quantitative estimate of drug-likeness (QED) is 0.315. The Morgan fingerprint density at radius 1 is 1.19 bits per heavy atom. The number of carboxylic acid groups (broad SMARTS) is 1. The lowest BCUT2D eigenvalue weighted by Gasteiger charge is -2.17. The van der Waals surface area contributed by atoms with Crippen molar-refractivity contribution in [3.8, 4) is 0 Å². The highest BCUT2D eigenvalue weighted by molar-refractivity contribution is 7.88. The zero-order valence-corrected chi connectivity index (χ0v) is 19.0. The van der Waals surface area contributed by atoms with Crippen LogP contribution in [0.25, 0.3) is 0 Å². The SMILES string of the molecule is CS(=O)(=O)NCCC(=O)NC(CCCCCCCc1ccc2c(n1)NCCC2)C(=O)O. The van der Waals surface area contributed by atoms with Crippen LogP contribution >= 0.6 is 0 Å². The molecule has 0 bridgehead atoms. The molecule has 4 N–H and O–H groups in total. The molecule has 1 amide bonds. The van der Waals surface area contributed by atoms with E-state index in [2.05, 4.69) is 27.5 Å². The number of carbonyl (C=O) groups excluding carboxylic acids is 1. The molecule has 31 heavy (non-hydrogen) atoms. The van der Waals surface area contributed by atoms with Gasteiger partial charge in [-0.3, -0.25) is 4.79 Å². The second-order valence-corrected chi connectivity index (χ2v) is 9.85. The molecular formula is C21H34N4O5S. The van der Waals surface area contributed by atoms with Crippen LogP contribution in [0, 0.1) is 0 Å². The number of aromatic nitrogens is 1. The van der Waals surface area contributed by atoms with Gasteiger partial charge in [0.15, 0.2) is 0 Å². The average Bonchev–Trinajstić information content (AvgIpc) is 2.71. The van der Waals surface area contributed by atoms with Gasteiger partial charge in [-0.1, -0.05) is 31.7 Å². The lowest BCUT2D eigenvalue weighted by molar-refractivity contribution is -0.142. The van der Waals surface area contributed by atoms with Crippen LogP contribution in [-0.4, -0.2) is 55.8 Å². The molecule has 1 aliphatic heterocycles. The molecule has 10 heteroatoms. The van der Waals surface area contributed by atoms with Gasteiger partial charge in [0.1, 0.15) is 11.9 Å². The summed E-state index contributed by atoms with van der Waals surface area (Å²) < 4.78 is 24.2. The van der Waals surface area contributed by atoms with Crippen LogP contribution in [0.3, 0.4) is 0 Å². The second kappa shape index (κ2) is 12.6. The molecule has 0 saturated carbocycles. The molecule has 174 valence electrons. The van der Waals surface area contributed by atoms with Crippen LogP contribution in [0.5, 0.6) is 0 Å². The summed E-state index contributed by atoms with van der Waals surface area (Å²) in [7, 11) is -3.37. The lowest BCUT2D eigenvalue weighted by Crippen LogP contribution is -2.41. The maximum absolute atomic E-state index is 11.8. The largest absolute Gasteiger partial charge is 0.480 e. The highest BCUT2D eigenvalue weighted by Gasteiger charge is 2.19. The summed E-state index contributed by atoms with van der Waals surface area (Å²) in [5.74, 6) is -0.523. The summed E-state index contributed by atoms with van der Waals surface area (Å²) in [6, 6.07) is 3.33. The summed E-state index contributed by atoms with van der Waals surface area (Å²) in [5.41, 5.74) is 2.40. The topological polar surface area (TPSA) is 137 Å². The number of rotatable bonds is 14. The molecule has 1 unspecified atom stereocenters. The molecule has 1 aromatic rings. The molecule has 2 heterocycles. The number of pyridine rings is 1. The predicted molar refractivity (Wildman–Crippen MR) is 119 cm³/mol. The van der Waals surface area contributed by atoms with Gasteiger partial charge in [0, 0.05) is 25.2 Å². The van der Waals surface area contributed by atoms with Crippen molar-refractivity contribution in [2.75, 3.05) is 24.7 Å². The van der Waals surface area contributed by atoms with Gasteiger partial charge in [0.05, 0.1) is 6.26 Å². The third-order valence-electron chi connectivity index (χ3n) is 5.23. The molecule has 0 fully saturated rings. The van der Waals surface area contributed by atoms with E-state index in [1.165, 1.54) is 5.56 Å². The average molecular weight is 455 g/mol. The van der Waals surface area contributed by atoms with Crippen LogP contribution in [0.1, 0.15) is 62.6 Å². The smallest absolute Gasteiger partial charge is 0.326 e. The van der Waals surface area contributed by atoms with Gasteiger partial charge < -0.3 is 15.7 Å². The first-order chi connectivity index (χ1) is 14.7. The Labute approximate surface area is 184 Å². The summed E-state index contributed by atoms with van der Waals surface area (Å²) in [6.45, 7) is 0.935. The van der Waals surface area contributed by atoms with Gasteiger partial charge in [-0.15, -0.1) is 0 Å². The van der Waals surface area contributed by atoms with Crippen LogP contribution in [0.4, 0.5) is 5.82 Å². The first-order valence-corrected chi connectivity index (χ1v) is 12.8. The number of hydrogen-bond acceptors (Lipinski definition) is 6. The highest BCUT2D eigenvalue weighted by atomic mass is 32.2. The van der Waals surface area contributed by atoms with Gasteiger partial charge in [0.25, 0.3) is 0 Å². The number of hydrogen-bond donors (Lipinski definition) is 4. The number of anilines is 1. The minimum absolute atomic E-state index is 0.0495. The zero-order valence-electron chi connectivity index (χ0n) is 18.2. The molecule has 9 nitrogen and oxygen atoms in total. The first kappa shape index (κ1) is 25.1. The van der Waals surface area contributed by atoms with Crippen molar-refractivity contribution in [2.45, 2.75) is 70.3 Å². The Balaban J connectivity index is 1.58. The van der Waals surface area contributed by atoms with E-state index in [0.717, 1.165) is 69.3 Å². The summed E-state index contributed by atoms with van der Waals surface area (Å²) in [5, 5.41) is 15.1. The van der Waals surface area contributed by atoms with Gasteiger partial charge in [-0.05, 0) is 43.7 Å². The molecule has 0 aliphatic carbocycles. The zero-order chi connectivity index (χ0) is 22.7. The number of amides is 1. The minimum Gasteiger partial charge on any atom is -0.480 e. The number of nitrogens with one attached hydrogen (secondary N) is 3. The molecule has 0 aromatic carbocycles. The van der Waals surface area contributed by atoms with E-state index in [-0.39, 0.29) is 13.0 Å². The van der Waals surface area contributed by atoms with Crippen LogP contribution in [0.2, 0.25) is 0 Å². The van der Waals surface area contributed by atoms with Crippen molar-refractivity contribution >= 4 is 27.7 Å². The Bertz CT molecular complexity index is 844. The first-order valence-electron chi connectivity index (χ1n) is 10.9. The van der Waals surface area contributed by atoms with Crippen molar-refractivity contribution in [1.82, 2.24) is 15.0 Å². The number of aliphatic carboxylic acids is 1. The number of unbranched alkanes of at least 4 members (excludes halogenated alkanes) is 4. The predicted octanol–water partition coefficient (Wildman–Crippen LogP) is 1.83. The van der Waals surface area contributed by atoms with Crippen molar-refractivity contribution in [2.24, 2.45) is 0 Å². The van der Waals surface area contributed by atoms with Gasteiger partial charge in [-0.25, -0.2) is 22.9 Å². The summed E-state index contributed by atoms with van der Waals surface area (Å²) in [6.07, 6.45) is 9.14. The standard InChI is InChI=1S/C21H34N4O5S/c1-31(29,30)23-15-13-19(26)25-18(21(27)28)10-6-4-2-3-5-9-17-12-11-16-8-7-14-22-20(16)24-17/h11-12,18,23H,2-10,13-15H2,1H3,(H,22,24)(H,25,26)(H,27,28). The number of fused-ring (bicyclic) bond motifs is 1. The van der Waals surface area contributed by atoms with Crippen LogP contribution in [0.15, 0.2) is 12.1 Å². The summed E-state index contributed by atoms with van der Waals surface area (Å²) >= 11 is 0. The van der Waals surface area contributed by atoms with Crippen molar-refractivity contribution in [3.05, 3.63) is 23.4 Å². The van der Waals surface area contributed by atoms with E-state index in [4.69, 9.17) is 4.98 Å². The molecule has 0 spiro atoms. The Kier molecular flexibility index (Phi) is 10.2. The molecule has 0 saturated heterocycles. The van der Waals surface area contributed by atoms with Crippen molar-refractivity contribution in [3.63, 3.8) is 0 Å². The van der Waals surface area contributed by atoms with Gasteiger partial charge in [0.2, 0.25) is 15.9 Å².